The van der Waals surface area contributed by atoms with Crippen molar-refractivity contribution in [3.05, 3.63) is 29.8 Å². The lowest BCUT2D eigenvalue weighted by atomic mass is 10.1. The van der Waals surface area contributed by atoms with Crippen LogP contribution < -0.4 is 5.32 Å². The standard InChI is InChI=1S/C13H17NO3S/c1-3-6-10(13(16)17)14-12(15)9-7-4-5-8-11(9)18-2/h4-5,7-8,10H,3,6H2,1-2H3,(H,14,15)(H,16,17)/t10-/m1/s1. The van der Waals surface area contributed by atoms with E-state index in [2.05, 4.69) is 5.32 Å². The summed E-state index contributed by atoms with van der Waals surface area (Å²) in [4.78, 5) is 23.9. The topological polar surface area (TPSA) is 66.4 Å². The number of benzene rings is 1. The van der Waals surface area contributed by atoms with E-state index in [0.29, 0.717) is 18.4 Å². The van der Waals surface area contributed by atoms with Crippen LogP contribution in [0.5, 0.6) is 0 Å². The third kappa shape index (κ3) is 3.77. The fourth-order valence-corrected chi connectivity index (χ4v) is 2.21. The zero-order valence-electron chi connectivity index (χ0n) is 10.5. The van der Waals surface area contributed by atoms with E-state index in [1.807, 2.05) is 25.3 Å². The molecule has 0 aliphatic rings. The van der Waals surface area contributed by atoms with Crippen LogP contribution in [0.1, 0.15) is 30.1 Å². The minimum absolute atomic E-state index is 0.333. The number of amides is 1. The number of carbonyl (C=O) groups excluding carboxylic acids is 1. The Kier molecular flexibility index (Phi) is 5.71. The Morgan fingerprint density at radius 2 is 2.06 bits per heavy atom. The fourth-order valence-electron chi connectivity index (χ4n) is 1.61. The van der Waals surface area contributed by atoms with Crippen LogP contribution in [0.3, 0.4) is 0 Å². The lowest BCUT2D eigenvalue weighted by molar-refractivity contribution is -0.139. The number of carboxylic acid groups (broad SMARTS) is 1. The zero-order valence-corrected chi connectivity index (χ0v) is 11.3. The largest absolute Gasteiger partial charge is 0.480 e. The Labute approximate surface area is 111 Å². The van der Waals surface area contributed by atoms with Crippen LogP contribution in [-0.4, -0.2) is 29.3 Å². The van der Waals surface area contributed by atoms with Crippen LogP contribution in [0.2, 0.25) is 0 Å². The van der Waals surface area contributed by atoms with Gasteiger partial charge in [-0.1, -0.05) is 25.5 Å². The van der Waals surface area contributed by atoms with Gasteiger partial charge < -0.3 is 10.4 Å². The van der Waals surface area contributed by atoms with Gasteiger partial charge in [0.15, 0.2) is 0 Å². The highest BCUT2D eigenvalue weighted by molar-refractivity contribution is 7.98. The highest BCUT2D eigenvalue weighted by Crippen LogP contribution is 2.19. The Morgan fingerprint density at radius 3 is 2.61 bits per heavy atom. The maximum Gasteiger partial charge on any atom is 0.326 e. The number of nitrogens with one attached hydrogen (secondary N) is 1. The second kappa shape index (κ2) is 7.06. The molecule has 1 rings (SSSR count). The summed E-state index contributed by atoms with van der Waals surface area (Å²) in [6.45, 7) is 1.89. The van der Waals surface area contributed by atoms with Gasteiger partial charge in [-0.3, -0.25) is 4.79 Å². The summed E-state index contributed by atoms with van der Waals surface area (Å²) in [5.41, 5.74) is 0.521. The monoisotopic (exact) mass is 267 g/mol. The van der Waals surface area contributed by atoms with E-state index < -0.39 is 12.0 Å². The molecule has 0 aliphatic heterocycles. The first-order valence-electron chi connectivity index (χ1n) is 5.76. The van der Waals surface area contributed by atoms with Crippen LogP contribution >= 0.6 is 11.8 Å². The van der Waals surface area contributed by atoms with E-state index in [1.165, 1.54) is 11.8 Å². The molecule has 4 nitrogen and oxygen atoms in total. The van der Waals surface area contributed by atoms with Gasteiger partial charge in [0.1, 0.15) is 6.04 Å². The van der Waals surface area contributed by atoms with Crippen molar-refractivity contribution in [3.63, 3.8) is 0 Å². The average molecular weight is 267 g/mol. The number of carboxylic acids is 1. The lowest BCUT2D eigenvalue weighted by Crippen LogP contribution is -2.40. The van der Waals surface area contributed by atoms with Crippen molar-refractivity contribution in [2.24, 2.45) is 0 Å². The number of aliphatic carboxylic acids is 1. The molecule has 0 saturated heterocycles. The van der Waals surface area contributed by atoms with Gasteiger partial charge in [0.05, 0.1) is 5.56 Å². The Morgan fingerprint density at radius 1 is 1.39 bits per heavy atom. The van der Waals surface area contributed by atoms with Crippen LogP contribution in [0.4, 0.5) is 0 Å². The van der Waals surface area contributed by atoms with E-state index >= 15 is 0 Å². The number of rotatable bonds is 6. The molecule has 1 atom stereocenters. The number of hydrogen-bond donors (Lipinski definition) is 2. The first-order valence-corrected chi connectivity index (χ1v) is 6.99. The molecule has 1 amide bonds. The van der Waals surface area contributed by atoms with Crippen molar-refractivity contribution >= 4 is 23.6 Å². The average Bonchev–Trinajstić information content (AvgIpc) is 2.37. The summed E-state index contributed by atoms with van der Waals surface area (Å²) in [5.74, 6) is -1.33. The fraction of sp³-hybridized carbons (Fsp3) is 0.385. The van der Waals surface area contributed by atoms with Gasteiger partial charge in [-0.05, 0) is 24.8 Å². The smallest absolute Gasteiger partial charge is 0.326 e. The third-order valence-corrected chi connectivity index (χ3v) is 3.33. The quantitative estimate of drug-likeness (QED) is 0.777. The summed E-state index contributed by atoms with van der Waals surface area (Å²) in [6.07, 6.45) is 3.02. The van der Waals surface area contributed by atoms with Gasteiger partial charge in [-0.2, -0.15) is 0 Å². The summed E-state index contributed by atoms with van der Waals surface area (Å²) in [7, 11) is 0. The second-order valence-corrected chi connectivity index (χ2v) is 4.70. The molecule has 18 heavy (non-hydrogen) atoms. The normalized spacial score (nSPS) is 11.9. The molecule has 0 heterocycles. The molecular formula is C13H17NO3S. The Hall–Kier alpha value is -1.49. The minimum Gasteiger partial charge on any atom is -0.480 e. The predicted molar refractivity (Wildman–Crippen MR) is 72.0 cm³/mol. The van der Waals surface area contributed by atoms with Crippen LogP contribution in [0.25, 0.3) is 0 Å². The molecule has 0 unspecified atom stereocenters. The predicted octanol–water partition coefficient (Wildman–Crippen LogP) is 2.39. The van der Waals surface area contributed by atoms with Crippen molar-refractivity contribution < 1.29 is 14.7 Å². The highest BCUT2D eigenvalue weighted by atomic mass is 32.2. The van der Waals surface area contributed by atoms with Crippen LogP contribution in [-0.2, 0) is 4.79 Å². The molecule has 0 spiro atoms. The van der Waals surface area contributed by atoms with Gasteiger partial charge in [-0.15, -0.1) is 11.8 Å². The Bertz CT molecular complexity index is 434. The molecule has 1 aromatic carbocycles. The van der Waals surface area contributed by atoms with Crippen LogP contribution in [0.15, 0.2) is 29.2 Å². The molecule has 1 aromatic rings. The third-order valence-electron chi connectivity index (χ3n) is 2.53. The molecule has 0 aliphatic carbocycles. The lowest BCUT2D eigenvalue weighted by Gasteiger charge is -2.14. The SMILES string of the molecule is CCC[C@@H](NC(=O)c1ccccc1SC)C(=O)O. The maximum absolute atomic E-state index is 12.0. The number of hydrogen-bond acceptors (Lipinski definition) is 3. The molecule has 0 radical (unpaired) electrons. The molecular weight excluding hydrogens is 250 g/mol. The second-order valence-electron chi connectivity index (χ2n) is 3.85. The van der Waals surface area contributed by atoms with Crippen molar-refractivity contribution in [2.75, 3.05) is 6.26 Å². The van der Waals surface area contributed by atoms with Gasteiger partial charge in [0.2, 0.25) is 0 Å². The summed E-state index contributed by atoms with van der Waals surface area (Å²) >= 11 is 1.46. The van der Waals surface area contributed by atoms with E-state index in [1.54, 1.807) is 12.1 Å². The summed E-state index contributed by atoms with van der Waals surface area (Å²) in [5, 5.41) is 11.6. The van der Waals surface area contributed by atoms with Crippen molar-refractivity contribution in [3.8, 4) is 0 Å². The van der Waals surface area contributed by atoms with Gasteiger partial charge in [0, 0.05) is 4.90 Å². The molecule has 0 bridgehead atoms. The van der Waals surface area contributed by atoms with Gasteiger partial charge in [0.25, 0.3) is 5.91 Å². The van der Waals surface area contributed by atoms with Crippen molar-refractivity contribution in [2.45, 2.75) is 30.7 Å². The van der Waals surface area contributed by atoms with E-state index in [-0.39, 0.29) is 5.91 Å². The molecule has 98 valence electrons. The van der Waals surface area contributed by atoms with E-state index in [0.717, 1.165) is 4.90 Å². The van der Waals surface area contributed by atoms with E-state index in [9.17, 15) is 9.59 Å². The molecule has 0 saturated carbocycles. The van der Waals surface area contributed by atoms with Gasteiger partial charge >= 0.3 is 5.97 Å². The summed E-state index contributed by atoms with van der Waals surface area (Å²) in [6, 6.07) is 6.34. The molecule has 2 N–H and O–H groups in total. The van der Waals surface area contributed by atoms with Gasteiger partial charge in [-0.25, -0.2) is 4.79 Å². The number of thioether (sulfide) groups is 1. The highest BCUT2D eigenvalue weighted by Gasteiger charge is 2.20. The first kappa shape index (κ1) is 14.6. The molecule has 5 heteroatoms. The Balaban J connectivity index is 2.83. The minimum atomic E-state index is -0.994. The maximum atomic E-state index is 12.0. The van der Waals surface area contributed by atoms with Crippen LogP contribution in [0, 0.1) is 0 Å². The number of carbonyl (C=O) groups is 2. The summed E-state index contributed by atoms with van der Waals surface area (Å²) < 4.78 is 0. The van der Waals surface area contributed by atoms with Crippen molar-refractivity contribution in [1.29, 1.82) is 0 Å². The van der Waals surface area contributed by atoms with Crippen molar-refractivity contribution in [1.82, 2.24) is 5.32 Å². The molecule has 0 fully saturated rings. The first-order chi connectivity index (χ1) is 8.60. The van der Waals surface area contributed by atoms with E-state index in [4.69, 9.17) is 5.11 Å². The molecule has 0 aromatic heterocycles. The zero-order chi connectivity index (χ0) is 13.5.